The molecule has 2 heterocycles. The number of benzene rings is 2. The molecule has 0 aromatic heterocycles. The minimum atomic E-state index is -3.90. The highest BCUT2D eigenvalue weighted by molar-refractivity contribution is 7.96. The number of aryl methyl sites for hydroxylation is 2. The number of para-hydroxylation sites is 1. The molecule has 146 valence electrons. The van der Waals surface area contributed by atoms with E-state index in [2.05, 4.69) is 0 Å². The predicted molar refractivity (Wildman–Crippen MR) is 107 cm³/mol. The number of morpholine rings is 1. The molecule has 2 aromatic carbocycles. The van der Waals surface area contributed by atoms with E-state index in [9.17, 15) is 13.2 Å². The molecule has 0 atom stereocenters. The molecule has 2 aliphatic rings. The molecule has 28 heavy (non-hydrogen) atoms. The summed E-state index contributed by atoms with van der Waals surface area (Å²) < 4.78 is 31.7. The van der Waals surface area contributed by atoms with Crippen molar-refractivity contribution in [1.29, 1.82) is 0 Å². The van der Waals surface area contributed by atoms with Crippen LogP contribution in [-0.4, -0.2) is 45.5 Å². The molecule has 2 aliphatic heterocycles. The number of ether oxygens (including phenoxy) is 1. The Hall–Kier alpha value is -2.64. The van der Waals surface area contributed by atoms with Gasteiger partial charge in [0.2, 0.25) is 9.84 Å². The van der Waals surface area contributed by atoms with Crippen LogP contribution in [-0.2, 0) is 19.4 Å². The Kier molecular flexibility index (Phi) is 4.72. The first-order valence-corrected chi connectivity index (χ1v) is 10.7. The summed E-state index contributed by atoms with van der Waals surface area (Å²) in [6.07, 6.45) is 1.46. The first-order chi connectivity index (χ1) is 13.4. The summed E-state index contributed by atoms with van der Waals surface area (Å²) in [6.45, 7) is 5.63. The molecule has 0 saturated carbocycles. The van der Waals surface area contributed by atoms with E-state index in [4.69, 9.17) is 4.74 Å². The summed E-state index contributed by atoms with van der Waals surface area (Å²) >= 11 is 0. The first kappa shape index (κ1) is 18.7. The van der Waals surface area contributed by atoms with Gasteiger partial charge < -0.3 is 14.5 Å². The second-order valence-corrected chi connectivity index (χ2v) is 8.89. The number of sulfone groups is 1. The number of amides is 1. The van der Waals surface area contributed by atoms with Crippen molar-refractivity contribution in [2.45, 2.75) is 18.7 Å². The van der Waals surface area contributed by atoms with Crippen LogP contribution >= 0.6 is 0 Å². The molecule has 1 fully saturated rings. The second kappa shape index (κ2) is 7.07. The number of hydrogen-bond donors (Lipinski definition) is 0. The molecule has 0 radical (unpaired) electrons. The number of rotatable bonds is 2. The highest BCUT2D eigenvalue weighted by Gasteiger charge is 2.37. The van der Waals surface area contributed by atoms with Crippen molar-refractivity contribution in [3.05, 3.63) is 64.7 Å². The Morgan fingerprint density at radius 1 is 1.00 bits per heavy atom. The Balaban J connectivity index is 1.86. The van der Waals surface area contributed by atoms with Crippen LogP contribution in [0.3, 0.4) is 0 Å². The molecule has 1 amide bonds. The minimum absolute atomic E-state index is 0.146. The standard InChI is InChI=1S/C21H22N2O4S/c1-15-7-8-17(13-16(15)2)23-14-20(21(24)22-9-11-27-12-10-22)28(25,26)19-6-4-3-5-18(19)23/h3-8,13-14H,9-12H2,1-2H3. The van der Waals surface area contributed by atoms with Gasteiger partial charge in [-0.25, -0.2) is 8.42 Å². The van der Waals surface area contributed by atoms with Crippen molar-refractivity contribution < 1.29 is 17.9 Å². The minimum Gasteiger partial charge on any atom is -0.378 e. The fourth-order valence-electron chi connectivity index (χ4n) is 3.44. The van der Waals surface area contributed by atoms with Crippen molar-refractivity contribution in [1.82, 2.24) is 4.90 Å². The van der Waals surface area contributed by atoms with Crippen molar-refractivity contribution in [3.8, 4) is 0 Å². The van der Waals surface area contributed by atoms with E-state index in [0.717, 1.165) is 16.8 Å². The van der Waals surface area contributed by atoms with Crippen LogP contribution in [0.5, 0.6) is 0 Å². The maximum absolute atomic E-state index is 13.2. The van der Waals surface area contributed by atoms with Crippen LogP contribution in [0.4, 0.5) is 11.4 Å². The normalized spacial score (nSPS) is 18.4. The number of hydrogen-bond acceptors (Lipinski definition) is 5. The summed E-state index contributed by atoms with van der Waals surface area (Å²) in [4.78, 5) is 16.3. The number of nitrogens with zero attached hydrogens (tertiary/aromatic N) is 2. The largest absolute Gasteiger partial charge is 0.378 e. The summed E-state index contributed by atoms with van der Waals surface area (Å²) in [7, 11) is -3.90. The maximum atomic E-state index is 13.2. The number of carbonyl (C=O) groups excluding carboxylic acids is 1. The van der Waals surface area contributed by atoms with Crippen molar-refractivity contribution in [2.75, 3.05) is 31.2 Å². The molecular formula is C21H22N2O4S. The molecule has 4 rings (SSSR count). The van der Waals surface area contributed by atoms with Crippen molar-refractivity contribution in [2.24, 2.45) is 0 Å². The summed E-state index contributed by atoms with van der Waals surface area (Å²) in [5.41, 5.74) is 3.61. The van der Waals surface area contributed by atoms with Gasteiger partial charge in [0.05, 0.1) is 23.8 Å². The fraction of sp³-hybridized carbons (Fsp3) is 0.286. The van der Waals surface area contributed by atoms with Crippen molar-refractivity contribution >= 4 is 27.1 Å². The average molecular weight is 398 g/mol. The van der Waals surface area contributed by atoms with E-state index in [-0.39, 0.29) is 9.80 Å². The zero-order valence-corrected chi connectivity index (χ0v) is 16.7. The monoisotopic (exact) mass is 398 g/mol. The summed E-state index contributed by atoms with van der Waals surface area (Å²) in [5.74, 6) is -0.480. The third-order valence-corrected chi connectivity index (χ3v) is 7.01. The maximum Gasteiger partial charge on any atom is 0.267 e. The lowest BCUT2D eigenvalue weighted by molar-refractivity contribution is -0.130. The van der Waals surface area contributed by atoms with E-state index < -0.39 is 15.7 Å². The lowest BCUT2D eigenvalue weighted by Crippen LogP contribution is -2.43. The predicted octanol–water partition coefficient (Wildman–Crippen LogP) is 2.93. The van der Waals surface area contributed by atoms with Gasteiger partial charge in [0.15, 0.2) is 4.91 Å². The van der Waals surface area contributed by atoms with E-state index >= 15 is 0 Å². The molecule has 0 aliphatic carbocycles. The number of fused-ring (bicyclic) bond motifs is 1. The topological polar surface area (TPSA) is 66.9 Å². The van der Waals surface area contributed by atoms with Crippen LogP contribution < -0.4 is 4.90 Å². The fourth-order valence-corrected chi connectivity index (χ4v) is 4.98. The van der Waals surface area contributed by atoms with Gasteiger partial charge in [-0.3, -0.25) is 4.79 Å². The molecule has 1 saturated heterocycles. The van der Waals surface area contributed by atoms with Gasteiger partial charge in [-0.05, 0) is 49.2 Å². The molecular weight excluding hydrogens is 376 g/mol. The lowest BCUT2D eigenvalue weighted by Gasteiger charge is -2.32. The third-order valence-electron chi connectivity index (χ3n) is 5.23. The molecule has 0 spiro atoms. The highest BCUT2D eigenvalue weighted by atomic mass is 32.2. The zero-order chi connectivity index (χ0) is 19.9. The Bertz CT molecular complexity index is 1070. The number of anilines is 2. The van der Waals surface area contributed by atoms with E-state index in [1.165, 1.54) is 6.20 Å². The number of carbonyl (C=O) groups is 1. The molecule has 0 bridgehead atoms. The summed E-state index contributed by atoms with van der Waals surface area (Å²) in [5, 5.41) is 0. The van der Waals surface area contributed by atoms with E-state index in [0.29, 0.717) is 32.0 Å². The van der Waals surface area contributed by atoms with Crippen LogP contribution in [0.2, 0.25) is 0 Å². The Labute approximate surface area is 164 Å². The van der Waals surface area contributed by atoms with Crippen LogP contribution in [0, 0.1) is 13.8 Å². The molecule has 0 N–H and O–H groups in total. The van der Waals surface area contributed by atoms with E-state index in [1.54, 1.807) is 34.1 Å². The molecule has 0 unspecified atom stereocenters. The summed E-state index contributed by atoms with van der Waals surface area (Å²) in [6, 6.07) is 12.7. The van der Waals surface area contributed by atoms with Crippen LogP contribution in [0.15, 0.2) is 58.5 Å². The van der Waals surface area contributed by atoms with Gasteiger partial charge in [0.1, 0.15) is 0 Å². The van der Waals surface area contributed by atoms with Crippen LogP contribution in [0.25, 0.3) is 0 Å². The molecule has 6 nitrogen and oxygen atoms in total. The smallest absolute Gasteiger partial charge is 0.267 e. The second-order valence-electron chi connectivity index (χ2n) is 7.01. The average Bonchev–Trinajstić information content (AvgIpc) is 2.71. The zero-order valence-electron chi connectivity index (χ0n) is 15.9. The lowest BCUT2D eigenvalue weighted by atomic mass is 10.1. The molecule has 2 aromatic rings. The van der Waals surface area contributed by atoms with Crippen LogP contribution in [0.1, 0.15) is 11.1 Å². The van der Waals surface area contributed by atoms with E-state index in [1.807, 2.05) is 32.0 Å². The van der Waals surface area contributed by atoms with Gasteiger partial charge in [-0.15, -0.1) is 0 Å². The Morgan fingerprint density at radius 2 is 1.71 bits per heavy atom. The molecule has 7 heteroatoms. The third kappa shape index (κ3) is 3.10. The quantitative estimate of drug-likeness (QED) is 0.778. The Morgan fingerprint density at radius 3 is 2.43 bits per heavy atom. The SMILES string of the molecule is Cc1ccc(N2C=C(C(=O)N3CCOCC3)S(=O)(=O)c3ccccc32)cc1C. The van der Waals surface area contributed by atoms with Gasteiger partial charge in [-0.2, -0.15) is 0 Å². The van der Waals surface area contributed by atoms with Gasteiger partial charge in [0, 0.05) is 25.0 Å². The van der Waals surface area contributed by atoms with Gasteiger partial charge in [-0.1, -0.05) is 18.2 Å². The van der Waals surface area contributed by atoms with Gasteiger partial charge >= 0.3 is 0 Å². The van der Waals surface area contributed by atoms with Crippen molar-refractivity contribution in [3.63, 3.8) is 0 Å². The first-order valence-electron chi connectivity index (χ1n) is 9.19. The highest BCUT2D eigenvalue weighted by Crippen LogP contribution is 2.40. The van der Waals surface area contributed by atoms with Gasteiger partial charge in [0.25, 0.3) is 5.91 Å².